The van der Waals surface area contributed by atoms with Gasteiger partial charge < -0.3 is 14.2 Å². The maximum Gasteiger partial charge on any atom is 0.149 e. The highest BCUT2D eigenvalue weighted by atomic mass is 16.5. The van der Waals surface area contributed by atoms with Gasteiger partial charge in [0.1, 0.15) is 30.5 Å². The molecule has 3 nitrogen and oxygen atoms in total. The van der Waals surface area contributed by atoms with Crippen molar-refractivity contribution >= 4 is 0 Å². The molecule has 0 saturated carbocycles. The van der Waals surface area contributed by atoms with Gasteiger partial charge >= 0.3 is 0 Å². The average Bonchev–Trinajstić information content (AvgIpc) is 2.52. The SMILES string of the molecule is COc1ccc(OCC#CCOc2ccccc2)cc1. The highest BCUT2D eigenvalue weighted by Gasteiger charge is 1.93. The minimum absolute atomic E-state index is 0.338. The Balaban J connectivity index is 1.69. The second-order valence-electron chi connectivity index (χ2n) is 3.92. The number of para-hydroxylation sites is 1. The molecule has 0 bridgehead atoms. The zero-order valence-electron chi connectivity index (χ0n) is 11.3. The van der Waals surface area contributed by atoms with Crippen molar-refractivity contribution in [2.24, 2.45) is 0 Å². The van der Waals surface area contributed by atoms with Crippen LogP contribution in [0.25, 0.3) is 0 Å². The number of hydrogen-bond acceptors (Lipinski definition) is 3. The fourth-order valence-corrected chi connectivity index (χ4v) is 1.53. The van der Waals surface area contributed by atoms with E-state index in [1.165, 1.54) is 0 Å². The molecular formula is C17H16O3. The van der Waals surface area contributed by atoms with E-state index in [1.807, 2.05) is 54.6 Å². The van der Waals surface area contributed by atoms with Gasteiger partial charge in [0.25, 0.3) is 0 Å². The third-order valence-corrected chi connectivity index (χ3v) is 2.55. The highest BCUT2D eigenvalue weighted by Crippen LogP contribution is 2.16. The van der Waals surface area contributed by atoms with Crippen molar-refractivity contribution in [3.8, 4) is 29.1 Å². The van der Waals surface area contributed by atoms with Crippen LogP contribution < -0.4 is 14.2 Å². The van der Waals surface area contributed by atoms with Crippen LogP contribution in [0.2, 0.25) is 0 Å². The Morgan fingerprint density at radius 2 is 1.20 bits per heavy atom. The summed E-state index contributed by atoms with van der Waals surface area (Å²) in [5, 5.41) is 0. The van der Waals surface area contributed by atoms with Gasteiger partial charge in [-0.2, -0.15) is 0 Å². The van der Waals surface area contributed by atoms with E-state index in [0.717, 1.165) is 17.2 Å². The fourth-order valence-electron chi connectivity index (χ4n) is 1.53. The Bertz CT molecular complexity index is 565. The first-order valence-electron chi connectivity index (χ1n) is 6.29. The molecule has 0 aliphatic rings. The van der Waals surface area contributed by atoms with Crippen molar-refractivity contribution in [2.75, 3.05) is 20.3 Å². The van der Waals surface area contributed by atoms with Crippen LogP contribution in [0.15, 0.2) is 54.6 Å². The van der Waals surface area contributed by atoms with Crippen molar-refractivity contribution < 1.29 is 14.2 Å². The van der Waals surface area contributed by atoms with Crippen LogP contribution in [0.3, 0.4) is 0 Å². The summed E-state index contributed by atoms with van der Waals surface area (Å²) in [4.78, 5) is 0. The first kappa shape index (κ1) is 13.8. The molecule has 0 unspecified atom stereocenters. The second kappa shape index (κ2) is 7.75. The molecule has 2 aromatic rings. The lowest BCUT2D eigenvalue weighted by Crippen LogP contribution is -1.97. The summed E-state index contributed by atoms with van der Waals surface area (Å²) < 4.78 is 16.0. The molecule has 2 aromatic carbocycles. The minimum atomic E-state index is 0.338. The van der Waals surface area contributed by atoms with Crippen LogP contribution in [0.4, 0.5) is 0 Å². The lowest BCUT2D eigenvalue weighted by atomic mass is 10.3. The van der Waals surface area contributed by atoms with E-state index in [0.29, 0.717) is 13.2 Å². The molecule has 0 amide bonds. The molecule has 0 aromatic heterocycles. The first-order valence-corrected chi connectivity index (χ1v) is 6.29. The maximum absolute atomic E-state index is 5.47. The third-order valence-electron chi connectivity index (χ3n) is 2.55. The van der Waals surface area contributed by atoms with Crippen LogP contribution >= 0.6 is 0 Å². The van der Waals surface area contributed by atoms with Gasteiger partial charge in [-0.25, -0.2) is 0 Å². The van der Waals surface area contributed by atoms with E-state index < -0.39 is 0 Å². The summed E-state index contributed by atoms with van der Waals surface area (Å²) in [6, 6.07) is 17.0. The average molecular weight is 268 g/mol. The molecule has 0 aliphatic heterocycles. The smallest absolute Gasteiger partial charge is 0.149 e. The lowest BCUT2D eigenvalue weighted by molar-refractivity contribution is 0.361. The minimum Gasteiger partial charge on any atom is -0.497 e. The molecule has 102 valence electrons. The molecule has 2 rings (SSSR count). The maximum atomic E-state index is 5.47. The summed E-state index contributed by atoms with van der Waals surface area (Å²) >= 11 is 0. The molecule has 0 aliphatic carbocycles. The highest BCUT2D eigenvalue weighted by molar-refractivity contribution is 5.31. The topological polar surface area (TPSA) is 27.7 Å². The number of benzene rings is 2. The Morgan fingerprint density at radius 3 is 1.75 bits per heavy atom. The second-order valence-corrected chi connectivity index (χ2v) is 3.92. The Kier molecular flexibility index (Phi) is 5.36. The van der Waals surface area contributed by atoms with Crippen molar-refractivity contribution in [2.45, 2.75) is 0 Å². The van der Waals surface area contributed by atoms with Gasteiger partial charge in [0.15, 0.2) is 0 Å². The summed E-state index contributed by atoms with van der Waals surface area (Å²) in [7, 11) is 1.63. The Hall–Kier alpha value is -2.60. The molecule has 0 fully saturated rings. The standard InChI is InChI=1S/C17H16O3/c1-18-15-9-11-17(12-10-15)20-14-6-5-13-19-16-7-3-2-4-8-16/h2-4,7-12H,13-14H2,1H3. The Labute approximate surface area is 119 Å². The summed E-state index contributed by atoms with van der Waals surface area (Å²) in [5.74, 6) is 8.20. The third kappa shape index (κ3) is 4.58. The molecule has 0 radical (unpaired) electrons. The predicted molar refractivity (Wildman–Crippen MR) is 78.2 cm³/mol. The summed E-state index contributed by atoms with van der Waals surface area (Å²) in [5.41, 5.74) is 0. The van der Waals surface area contributed by atoms with Gasteiger partial charge in [0, 0.05) is 0 Å². The zero-order chi connectivity index (χ0) is 14.0. The van der Waals surface area contributed by atoms with E-state index in [4.69, 9.17) is 14.2 Å². The van der Waals surface area contributed by atoms with Crippen molar-refractivity contribution in [1.29, 1.82) is 0 Å². The number of methoxy groups -OCH3 is 1. The van der Waals surface area contributed by atoms with Gasteiger partial charge in [0.2, 0.25) is 0 Å². The molecular weight excluding hydrogens is 252 g/mol. The number of rotatable bonds is 5. The molecule has 0 N–H and O–H groups in total. The molecule has 0 spiro atoms. The predicted octanol–water partition coefficient (Wildman–Crippen LogP) is 3.16. The van der Waals surface area contributed by atoms with Gasteiger partial charge in [-0.05, 0) is 36.4 Å². The van der Waals surface area contributed by atoms with Crippen LogP contribution in [0.1, 0.15) is 0 Å². The molecule has 3 heteroatoms. The van der Waals surface area contributed by atoms with Gasteiger partial charge in [0.05, 0.1) is 7.11 Å². The summed E-state index contributed by atoms with van der Waals surface area (Å²) in [6.07, 6.45) is 0. The van der Waals surface area contributed by atoms with Crippen LogP contribution in [-0.4, -0.2) is 20.3 Å². The largest absolute Gasteiger partial charge is 0.497 e. The van der Waals surface area contributed by atoms with Crippen molar-refractivity contribution in [1.82, 2.24) is 0 Å². The monoisotopic (exact) mass is 268 g/mol. The number of hydrogen-bond donors (Lipinski definition) is 0. The quantitative estimate of drug-likeness (QED) is 0.780. The van der Waals surface area contributed by atoms with E-state index in [-0.39, 0.29) is 0 Å². The molecule has 20 heavy (non-hydrogen) atoms. The van der Waals surface area contributed by atoms with E-state index in [1.54, 1.807) is 7.11 Å². The summed E-state index contributed by atoms with van der Waals surface area (Å²) in [6.45, 7) is 0.695. The molecule has 0 saturated heterocycles. The fraction of sp³-hybridized carbons (Fsp3) is 0.176. The van der Waals surface area contributed by atoms with Crippen LogP contribution in [0, 0.1) is 11.8 Å². The van der Waals surface area contributed by atoms with Crippen LogP contribution in [-0.2, 0) is 0 Å². The van der Waals surface area contributed by atoms with Crippen LogP contribution in [0.5, 0.6) is 17.2 Å². The zero-order valence-corrected chi connectivity index (χ0v) is 11.3. The normalized spacial score (nSPS) is 9.25. The van der Waals surface area contributed by atoms with E-state index in [9.17, 15) is 0 Å². The van der Waals surface area contributed by atoms with E-state index in [2.05, 4.69) is 11.8 Å². The van der Waals surface area contributed by atoms with E-state index >= 15 is 0 Å². The Morgan fingerprint density at radius 1 is 0.700 bits per heavy atom. The molecule has 0 atom stereocenters. The van der Waals surface area contributed by atoms with Crippen molar-refractivity contribution in [3.63, 3.8) is 0 Å². The first-order chi connectivity index (χ1) is 9.88. The molecule has 0 heterocycles. The van der Waals surface area contributed by atoms with Gasteiger partial charge in [-0.15, -0.1) is 0 Å². The van der Waals surface area contributed by atoms with Gasteiger partial charge in [-0.1, -0.05) is 30.0 Å². The lowest BCUT2D eigenvalue weighted by Gasteiger charge is -2.03. The number of ether oxygens (including phenoxy) is 3. The van der Waals surface area contributed by atoms with Gasteiger partial charge in [-0.3, -0.25) is 0 Å². The van der Waals surface area contributed by atoms with Crippen molar-refractivity contribution in [3.05, 3.63) is 54.6 Å².